The third-order valence-corrected chi connectivity index (χ3v) is 4.34. The molecule has 0 radical (unpaired) electrons. The normalized spacial score (nSPS) is 18.5. The topological polar surface area (TPSA) is 72.0 Å². The maximum Gasteiger partial charge on any atom is 0.242 e. The molecule has 1 saturated heterocycles. The van der Waals surface area contributed by atoms with Gasteiger partial charge in [-0.15, -0.1) is 0 Å². The minimum absolute atomic E-state index is 0.0588. The average molecular weight is 369 g/mol. The van der Waals surface area contributed by atoms with Crippen LogP contribution >= 0.6 is 0 Å². The molecule has 26 heavy (non-hydrogen) atoms. The van der Waals surface area contributed by atoms with Crippen molar-refractivity contribution >= 4 is 11.9 Å². The molecule has 7 heteroatoms. The van der Waals surface area contributed by atoms with Gasteiger partial charge >= 0.3 is 0 Å². The molecule has 0 saturated carbocycles. The number of carbonyl (C=O) groups excluding carboxylic acids is 1. The van der Waals surface area contributed by atoms with E-state index < -0.39 is 0 Å². The molecule has 0 aromatic heterocycles. The number of hydrogen-bond donors (Lipinski definition) is 3. The van der Waals surface area contributed by atoms with Crippen LogP contribution in [0.1, 0.15) is 41.5 Å². The number of nitrogens with zero attached hydrogens (tertiary/aromatic N) is 3. The molecule has 0 spiro atoms. The Morgan fingerprint density at radius 1 is 1.08 bits per heavy atom. The molecule has 0 aromatic rings. The Bertz CT molecular complexity index is 438. The fraction of sp³-hybridized carbons (Fsp3) is 0.895. The first kappa shape index (κ1) is 22.7. The summed E-state index contributed by atoms with van der Waals surface area (Å²) in [4.78, 5) is 21.4. The predicted molar refractivity (Wildman–Crippen MR) is 110 cm³/mol. The second-order valence-electron chi connectivity index (χ2n) is 8.21. The summed E-state index contributed by atoms with van der Waals surface area (Å²) < 4.78 is 0. The van der Waals surface area contributed by atoms with E-state index in [1.165, 1.54) is 13.1 Å². The zero-order chi connectivity index (χ0) is 19.6. The van der Waals surface area contributed by atoms with Crippen molar-refractivity contribution < 1.29 is 4.79 Å². The van der Waals surface area contributed by atoms with E-state index in [0.717, 1.165) is 39.3 Å². The Morgan fingerprint density at radius 2 is 1.69 bits per heavy atom. The Hall–Kier alpha value is -1.34. The summed E-state index contributed by atoms with van der Waals surface area (Å²) in [5, 5.41) is 9.51. The molecule has 1 heterocycles. The molecule has 0 aliphatic carbocycles. The van der Waals surface area contributed by atoms with Crippen molar-refractivity contribution in [3.8, 4) is 0 Å². The Morgan fingerprint density at radius 3 is 2.23 bits per heavy atom. The van der Waals surface area contributed by atoms with Crippen LogP contribution in [-0.2, 0) is 4.79 Å². The van der Waals surface area contributed by atoms with Crippen LogP contribution in [0.15, 0.2) is 4.99 Å². The van der Waals surface area contributed by atoms with Gasteiger partial charge in [-0.25, -0.2) is 4.99 Å². The smallest absolute Gasteiger partial charge is 0.242 e. The summed E-state index contributed by atoms with van der Waals surface area (Å²) in [6, 6.07) is 0. The fourth-order valence-corrected chi connectivity index (χ4v) is 3.01. The summed E-state index contributed by atoms with van der Waals surface area (Å²) in [5.74, 6) is 1.17. The zero-order valence-electron chi connectivity index (χ0n) is 17.7. The Kier molecular flexibility index (Phi) is 9.94. The minimum atomic E-state index is -0.227. The lowest BCUT2D eigenvalue weighted by Crippen LogP contribution is -2.48. The standard InChI is InChI=1S/C19H40N6O/c1-7-20-18(22-14-17(26)23-19(4,5)6)21-13-16(3)15-25-11-9-24(8-2)10-12-25/h16H,7-15H2,1-6H3,(H,23,26)(H2,20,21,22). The number of piperazine rings is 1. The summed E-state index contributed by atoms with van der Waals surface area (Å²) >= 11 is 0. The van der Waals surface area contributed by atoms with E-state index in [1.807, 2.05) is 27.7 Å². The van der Waals surface area contributed by atoms with Gasteiger partial charge in [0.15, 0.2) is 5.96 Å². The molecule has 1 rings (SSSR count). The lowest BCUT2D eigenvalue weighted by Gasteiger charge is -2.35. The zero-order valence-corrected chi connectivity index (χ0v) is 17.7. The highest BCUT2D eigenvalue weighted by Crippen LogP contribution is 2.05. The van der Waals surface area contributed by atoms with Crippen molar-refractivity contribution in [3.63, 3.8) is 0 Å². The number of carbonyl (C=O) groups is 1. The molecule has 7 nitrogen and oxygen atoms in total. The summed E-state index contributed by atoms with van der Waals surface area (Å²) in [5.41, 5.74) is -0.227. The van der Waals surface area contributed by atoms with Crippen LogP contribution in [0.3, 0.4) is 0 Å². The first-order valence-electron chi connectivity index (χ1n) is 10.0. The lowest BCUT2D eigenvalue weighted by molar-refractivity contribution is -0.121. The van der Waals surface area contributed by atoms with Gasteiger partial charge in [-0.3, -0.25) is 4.79 Å². The van der Waals surface area contributed by atoms with E-state index >= 15 is 0 Å². The summed E-state index contributed by atoms with van der Waals surface area (Å²) in [6.07, 6.45) is 0. The molecule has 0 bridgehead atoms. The highest BCUT2D eigenvalue weighted by molar-refractivity contribution is 5.85. The summed E-state index contributed by atoms with van der Waals surface area (Å²) in [6.45, 7) is 21.1. The van der Waals surface area contributed by atoms with Crippen LogP contribution in [0.2, 0.25) is 0 Å². The molecule has 1 aliphatic rings. The van der Waals surface area contributed by atoms with Gasteiger partial charge in [-0.05, 0) is 40.2 Å². The quantitative estimate of drug-likeness (QED) is 0.435. The molecule has 1 fully saturated rings. The second-order valence-corrected chi connectivity index (χ2v) is 8.21. The average Bonchev–Trinajstić information content (AvgIpc) is 2.56. The highest BCUT2D eigenvalue weighted by Gasteiger charge is 2.17. The van der Waals surface area contributed by atoms with Crippen LogP contribution in [0.4, 0.5) is 0 Å². The van der Waals surface area contributed by atoms with Gasteiger partial charge in [0.05, 0.1) is 0 Å². The van der Waals surface area contributed by atoms with E-state index in [2.05, 4.69) is 44.6 Å². The van der Waals surface area contributed by atoms with Crippen molar-refractivity contribution in [2.24, 2.45) is 10.9 Å². The number of nitrogens with one attached hydrogen (secondary N) is 3. The third-order valence-electron chi connectivity index (χ3n) is 4.34. The van der Waals surface area contributed by atoms with E-state index in [1.54, 1.807) is 0 Å². The number of guanidine groups is 1. The number of amides is 1. The van der Waals surface area contributed by atoms with Crippen LogP contribution in [-0.4, -0.2) is 86.1 Å². The number of likely N-dealkylation sites (N-methyl/N-ethyl adjacent to an activating group) is 1. The van der Waals surface area contributed by atoms with Crippen LogP contribution < -0.4 is 16.0 Å². The van der Waals surface area contributed by atoms with Crippen molar-refractivity contribution in [3.05, 3.63) is 0 Å². The lowest BCUT2D eigenvalue weighted by atomic mass is 10.1. The van der Waals surface area contributed by atoms with Gasteiger partial charge < -0.3 is 25.8 Å². The van der Waals surface area contributed by atoms with E-state index in [0.29, 0.717) is 11.9 Å². The van der Waals surface area contributed by atoms with Gasteiger partial charge in [-0.1, -0.05) is 13.8 Å². The number of hydrogen-bond acceptors (Lipinski definition) is 4. The molecule has 1 atom stereocenters. The SMILES string of the molecule is CCNC(=NCC(=O)NC(C)(C)C)NCC(C)CN1CCN(CC)CC1. The first-order valence-corrected chi connectivity index (χ1v) is 10.0. The first-order chi connectivity index (χ1) is 12.2. The van der Waals surface area contributed by atoms with Crippen LogP contribution in [0.5, 0.6) is 0 Å². The Labute approximate surface area is 160 Å². The van der Waals surface area contributed by atoms with Gasteiger partial charge in [-0.2, -0.15) is 0 Å². The number of aliphatic imine (C=N–C) groups is 1. The van der Waals surface area contributed by atoms with E-state index in [-0.39, 0.29) is 18.0 Å². The van der Waals surface area contributed by atoms with Crippen molar-refractivity contribution in [2.45, 2.75) is 47.1 Å². The van der Waals surface area contributed by atoms with Crippen LogP contribution in [0, 0.1) is 5.92 Å². The predicted octanol–water partition coefficient (Wildman–Crippen LogP) is 0.730. The third kappa shape index (κ3) is 9.97. The molecule has 1 aliphatic heterocycles. The molecule has 1 amide bonds. The van der Waals surface area contributed by atoms with Crippen LogP contribution in [0.25, 0.3) is 0 Å². The van der Waals surface area contributed by atoms with Gasteiger partial charge in [0.25, 0.3) is 0 Å². The molecule has 3 N–H and O–H groups in total. The monoisotopic (exact) mass is 368 g/mol. The van der Waals surface area contributed by atoms with Gasteiger partial charge in [0.2, 0.25) is 5.91 Å². The number of rotatable bonds is 8. The molecular weight excluding hydrogens is 328 g/mol. The van der Waals surface area contributed by atoms with Gasteiger partial charge in [0.1, 0.15) is 6.54 Å². The highest BCUT2D eigenvalue weighted by atomic mass is 16.2. The summed E-state index contributed by atoms with van der Waals surface area (Å²) in [7, 11) is 0. The van der Waals surface area contributed by atoms with Gasteiger partial charge in [0, 0.05) is 51.4 Å². The van der Waals surface area contributed by atoms with Crippen molar-refractivity contribution in [1.29, 1.82) is 0 Å². The van der Waals surface area contributed by atoms with Crippen molar-refractivity contribution in [2.75, 3.05) is 58.9 Å². The molecule has 1 unspecified atom stereocenters. The molecule has 152 valence electrons. The van der Waals surface area contributed by atoms with Crippen molar-refractivity contribution in [1.82, 2.24) is 25.8 Å². The maximum absolute atomic E-state index is 11.9. The minimum Gasteiger partial charge on any atom is -0.357 e. The maximum atomic E-state index is 11.9. The molecular formula is C19H40N6O. The second kappa shape index (κ2) is 11.4. The Balaban J connectivity index is 2.37. The van der Waals surface area contributed by atoms with E-state index in [9.17, 15) is 4.79 Å². The molecule has 0 aromatic carbocycles. The van der Waals surface area contributed by atoms with E-state index in [4.69, 9.17) is 0 Å². The fourth-order valence-electron chi connectivity index (χ4n) is 3.01. The largest absolute Gasteiger partial charge is 0.357 e.